The van der Waals surface area contributed by atoms with Crippen LogP contribution in [-0.4, -0.2) is 14.5 Å². The van der Waals surface area contributed by atoms with Crippen molar-refractivity contribution in [1.29, 1.82) is 0 Å². The van der Waals surface area contributed by atoms with Crippen LogP contribution in [0.25, 0.3) is 33.2 Å². The molecular weight excluding hydrogens is 389 g/mol. The summed E-state index contributed by atoms with van der Waals surface area (Å²) in [6.45, 7) is 0.604. The van der Waals surface area contributed by atoms with Crippen LogP contribution in [0.3, 0.4) is 0 Å². The molecule has 29 heavy (non-hydrogen) atoms. The van der Waals surface area contributed by atoms with Gasteiger partial charge in [0.25, 0.3) is 5.56 Å². The van der Waals surface area contributed by atoms with E-state index in [0.717, 1.165) is 16.5 Å². The molecule has 4 nitrogen and oxygen atoms in total. The summed E-state index contributed by atoms with van der Waals surface area (Å²) < 4.78 is 16.3. The molecule has 0 spiro atoms. The summed E-state index contributed by atoms with van der Waals surface area (Å²) in [6, 6.07) is 20.0. The van der Waals surface area contributed by atoms with E-state index in [4.69, 9.17) is 11.6 Å². The highest BCUT2D eigenvalue weighted by molar-refractivity contribution is 6.35. The van der Waals surface area contributed by atoms with Gasteiger partial charge in [-0.15, -0.1) is 0 Å². The van der Waals surface area contributed by atoms with Crippen molar-refractivity contribution in [2.75, 3.05) is 0 Å². The lowest BCUT2D eigenvalue weighted by Gasteiger charge is -2.06. The van der Waals surface area contributed by atoms with E-state index in [2.05, 4.69) is 9.97 Å². The van der Waals surface area contributed by atoms with E-state index >= 15 is 0 Å². The van der Waals surface area contributed by atoms with Crippen molar-refractivity contribution in [3.8, 4) is 11.4 Å². The van der Waals surface area contributed by atoms with Gasteiger partial charge in [-0.05, 0) is 23.8 Å². The van der Waals surface area contributed by atoms with E-state index in [1.807, 2.05) is 59.3 Å². The number of aromatic nitrogens is 3. The van der Waals surface area contributed by atoms with Gasteiger partial charge in [-0.1, -0.05) is 60.1 Å². The lowest BCUT2D eigenvalue weighted by atomic mass is 10.1. The Balaban J connectivity index is 1.76. The van der Waals surface area contributed by atoms with Crippen molar-refractivity contribution < 1.29 is 4.39 Å². The van der Waals surface area contributed by atoms with Gasteiger partial charge in [0.05, 0.1) is 15.9 Å². The molecule has 2 aromatic heterocycles. The number of halogens is 2. The Hall–Kier alpha value is -3.44. The van der Waals surface area contributed by atoms with Crippen molar-refractivity contribution >= 4 is 33.4 Å². The van der Waals surface area contributed by atoms with Gasteiger partial charge in [-0.3, -0.25) is 4.79 Å². The maximum Gasteiger partial charge on any atom is 0.259 e. The first-order chi connectivity index (χ1) is 14.1. The summed E-state index contributed by atoms with van der Waals surface area (Å²) >= 11 is 6.51. The summed E-state index contributed by atoms with van der Waals surface area (Å²) in [5.74, 6) is -0.215. The fourth-order valence-electron chi connectivity index (χ4n) is 3.66. The van der Waals surface area contributed by atoms with Crippen molar-refractivity contribution in [2.24, 2.45) is 0 Å². The number of nitrogens with one attached hydrogen (secondary N) is 1. The maximum absolute atomic E-state index is 14.3. The SMILES string of the molecule is O=c1[nH]c(-c2cn(Cc3ccccc3)c3c(Cl)cccc23)nc2c(F)cccc12. The first-order valence-electron chi connectivity index (χ1n) is 9.12. The molecule has 3 aromatic carbocycles. The van der Waals surface area contributed by atoms with Gasteiger partial charge in [0, 0.05) is 23.7 Å². The Morgan fingerprint density at radius 3 is 2.55 bits per heavy atom. The molecule has 0 saturated carbocycles. The van der Waals surface area contributed by atoms with Crippen LogP contribution in [0.15, 0.2) is 77.7 Å². The monoisotopic (exact) mass is 403 g/mol. The molecule has 0 bridgehead atoms. The number of aromatic amines is 1. The molecule has 0 aliphatic carbocycles. The van der Waals surface area contributed by atoms with Crippen molar-refractivity contribution in [3.05, 3.63) is 99.7 Å². The third-order valence-corrected chi connectivity index (χ3v) is 5.29. The molecule has 0 aliphatic heterocycles. The minimum Gasteiger partial charge on any atom is -0.341 e. The third kappa shape index (κ3) is 3.00. The molecular formula is C23H15ClFN3O. The fraction of sp³-hybridized carbons (Fsp3) is 0.0435. The smallest absolute Gasteiger partial charge is 0.259 e. The van der Waals surface area contributed by atoms with Crippen molar-refractivity contribution in [1.82, 2.24) is 14.5 Å². The van der Waals surface area contributed by atoms with Gasteiger partial charge in [-0.25, -0.2) is 9.37 Å². The van der Waals surface area contributed by atoms with Crippen LogP contribution < -0.4 is 5.56 Å². The molecule has 0 aliphatic rings. The van der Waals surface area contributed by atoms with E-state index in [0.29, 0.717) is 23.0 Å². The molecule has 0 fully saturated rings. The molecule has 1 N–H and O–H groups in total. The van der Waals surface area contributed by atoms with E-state index in [1.165, 1.54) is 12.1 Å². The third-order valence-electron chi connectivity index (χ3n) is 4.99. The second-order valence-electron chi connectivity index (χ2n) is 6.84. The zero-order chi connectivity index (χ0) is 20.0. The van der Waals surface area contributed by atoms with Crippen LogP contribution in [0.1, 0.15) is 5.56 Å². The number of para-hydroxylation sites is 2. The van der Waals surface area contributed by atoms with Gasteiger partial charge in [0.15, 0.2) is 0 Å². The number of hydrogen-bond acceptors (Lipinski definition) is 2. The Kier molecular flexibility index (Phi) is 4.18. The fourth-order valence-corrected chi connectivity index (χ4v) is 3.95. The van der Waals surface area contributed by atoms with Gasteiger partial charge in [-0.2, -0.15) is 0 Å². The molecule has 142 valence electrons. The largest absolute Gasteiger partial charge is 0.341 e. The summed E-state index contributed by atoms with van der Waals surface area (Å²) in [7, 11) is 0. The van der Waals surface area contributed by atoms with E-state index in [9.17, 15) is 9.18 Å². The number of hydrogen-bond donors (Lipinski definition) is 1. The van der Waals surface area contributed by atoms with E-state index in [-0.39, 0.29) is 16.5 Å². The predicted molar refractivity (Wildman–Crippen MR) is 114 cm³/mol. The summed E-state index contributed by atoms with van der Waals surface area (Å²) in [4.78, 5) is 19.7. The second kappa shape index (κ2) is 6.87. The highest BCUT2D eigenvalue weighted by Crippen LogP contribution is 2.33. The lowest BCUT2D eigenvalue weighted by Crippen LogP contribution is -2.10. The number of fused-ring (bicyclic) bond motifs is 2. The number of nitrogens with zero attached hydrogens (tertiary/aromatic N) is 2. The highest BCUT2D eigenvalue weighted by atomic mass is 35.5. The summed E-state index contributed by atoms with van der Waals surface area (Å²) in [5, 5.41) is 1.66. The van der Waals surface area contributed by atoms with Crippen LogP contribution in [0, 0.1) is 5.82 Å². The van der Waals surface area contributed by atoms with Gasteiger partial charge >= 0.3 is 0 Å². The Bertz CT molecular complexity index is 1420. The average Bonchev–Trinajstić information content (AvgIpc) is 3.09. The van der Waals surface area contributed by atoms with E-state index < -0.39 is 5.82 Å². The van der Waals surface area contributed by atoms with Crippen molar-refractivity contribution in [3.63, 3.8) is 0 Å². The Labute approximate surface area is 170 Å². The van der Waals surface area contributed by atoms with E-state index in [1.54, 1.807) is 6.07 Å². The molecule has 0 unspecified atom stereocenters. The van der Waals surface area contributed by atoms with Crippen LogP contribution >= 0.6 is 11.6 Å². The number of H-pyrrole nitrogens is 1. The van der Waals surface area contributed by atoms with Crippen LogP contribution in [0.2, 0.25) is 5.02 Å². The zero-order valence-corrected chi connectivity index (χ0v) is 15.9. The minimum absolute atomic E-state index is 0.0530. The first kappa shape index (κ1) is 17.6. The molecule has 5 rings (SSSR count). The molecule has 6 heteroatoms. The van der Waals surface area contributed by atoms with Crippen molar-refractivity contribution in [2.45, 2.75) is 6.54 Å². The minimum atomic E-state index is -0.527. The predicted octanol–water partition coefficient (Wildman–Crippen LogP) is 5.39. The average molecular weight is 404 g/mol. The molecule has 2 heterocycles. The second-order valence-corrected chi connectivity index (χ2v) is 7.25. The van der Waals surface area contributed by atoms with Crippen LogP contribution in [-0.2, 0) is 6.54 Å². The molecule has 0 atom stereocenters. The molecule has 0 radical (unpaired) electrons. The maximum atomic E-state index is 14.3. The quantitative estimate of drug-likeness (QED) is 0.439. The summed E-state index contributed by atoms with van der Waals surface area (Å²) in [6.07, 6.45) is 1.90. The molecule has 5 aromatic rings. The number of benzene rings is 3. The van der Waals surface area contributed by atoms with Gasteiger partial charge in [0.2, 0.25) is 0 Å². The lowest BCUT2D eigenvalue weighted by molar-refractivity contribution is 0.636. The van der Waals surface area contributed by atoms with Gasteiger partial charge in [0.1, 0.15) is 17.2 Å². The molecule has 0 amide bonds. The Morgan fingerprint density at radius 1 is 0.966 bits per heavy atom. The standard InChI is InChI=1S/C23H15ClFN3O/c24-18-10-4-8-15-17(13-28(21(15)18)12-14-6-2-1-3-7-14)22-26-20-16(23(29)27-22)9-5-11-19(20)25/h1-11,13H,12H2,(H,26,27,29). The Morgan fingerprint density at radius 2 is 1.72 bits per heavy atom. The van der Waals surface area contributed by atoms with Gasteiger partial charge < -0.3 is 9.55 Å². The topological polar surface area (TPSA) is 50.7 Å². The zero-order valence-electron chi connectivity index (χ0n) is 15.2. The van der Waals surface area contributed by atoms with Crippen LogP contribution in [0.5, 0.6) is 0 Å². The highest BCUT2D eigenvalue weighted by Gasteiger charge is 2.17. The molecule has 0 saturated heterocycles. The first-order valence-corrected chi connectivity index (χ1v) is 9.50. The van der Waals surface area contributed by atoms with Crippen LogP contribution in [0.4, 0.5) is 4.39 Å². The number of rotatable bonds is 3. The normalized spacial score (nSPS) is 11.4. The summed E-state index contributed by atoms with van der Waals surface area (Å²) in [5.41, 5.74) is 2.32.